The molecule has 0 heterocycles. The highest BCUT2D eigenvalue weighted by molar-refractivity contribution is 5.49. The van der Waals surface area contributed by atoms with Gasteiger partial charge < -0.3 is 10.6 Å². The van der Waals surface area contributed by atoms with E-state index in [2.05, 4.69) is 19.9 Å². The molecule has 0 saturated carbocycles. The molecule has 3 nitrogen and oxygen atoms in total. The van der Waals surface area contributed by atoms with Crippen LogP contribution in [0.4, 0.5) is 10.1 Å². The molecule has 19 heavy (non-hydrogen) atoms. The summed E-state index contributed by atoms with van der Waals surface area (Å²) in [5.41, 5.74) is 7.08. The van der Waals surface area contributed by atoms with Gasteiger partial charge in [-0.3, -0.25) is 0 Å². The summed E-state index contributed by atoms with van der Waals surface area (Å²) < 4.78 is 14.2. The van der Waals surface area contributed by atoms with Crippen LogP contribution in [0.25, 0.3) is 0 Å². The normalized spacial score (nSPS) is 12.3. The van der Waals surface area contributed by atoms with Crippen LogP contribution in [0.5, 0.6) is 0 Å². The predicted molar refractivity (Wildman–Crippen MR) is 76.3 cm³/mol. The topological polar surface area (TPSA) is 53.0 Å². The Morgan fingerprint density at radius 3 is 2.53 bits per heavy atom. The molecule has 0 radical (unpaired) electrons. The fourth-order valence-corrected chi connectivity index (χ4v) is 2.00. The zero-order valence-electron chi connectivity index (χ0n) is 11.9. The first-order valence-corrected chi connectivity index (χ1v) is 6.62. The van der Waals surface area contributed by atoms with Gasteiger partial charge in [0, 0.05) is 19.1 Å². The van der Waals surface area contributed by atoms with Gasteiger partial charge in [0.1, 0.15) is 5.82 Å². The Morgan fingerprint density at radius 1 is 1.37 bits per heavy atom. The highest BCUT2D eigenvalue weighted by Gasteiger charge is 2.14. The van der Waals surface area contributed by atoms with Crippen LogP contribution in [0.2, 0.25) is 0 Å². The minimum Gasteiger partial charge on any atom is -0.368 e. The minimum absolute atomic E-state index is 0.179. The van der Waals surface area contributed by atoms with Gasteiger partial charge in [-0.25, -0.2) is 4.39 Å². The Morgan fingerprint density at radius 2 is 2.05 bits per heavy atom. The quantitative estimate of drug-likeness (QED) is 0.857. The highest BCUT2D eigenvalue weighted by Crippen LogP contribution is 2.23. The first-order valence-electron chi connectivity index (χ1n) is 6.62. The number of halogens is 1. The third-order valence-corrected chi connectivity index (χ3v) is 2.92. The molecular formula is C15H22FN3. The molecule has 0 bridgehead atoms. The second kappa shape index (κ2) is 7.10. The third-order valence-electron chi connectivity index (χ3n) is 2.92. The molecule has 2 N–H and O–H groups in total. The molecule has 1 atom stereocenters. The SMILES string of the molecule is CC(C)CN(CCC#N)c1ccc([C@@H](C)N)cc1F. The van der Waals surface area contributed by atoms with Crippen LogP contribution in [-0.4, -0.2) is 13.1 Å². The van der Waals surface area contributed by atoms with Gasteiger partial charge >= 0.3 is 0 Å². The Labute approximate surface area is 114 Å². The van der Waals surface area contributed by atoms with Gasteiger partial charge in [0.2, 0.25) is 0 Å². The standard InChI is InChI=1S/C15H22FN3/c1-11(2)10-19(8-4-7-17)15-6-5-13(12(3)18)9-14(15)16/h5-6,9,11-12H,4,8,10,18H2,1-3H3/t12-/m1/s1. The van der Waals surface area contributed by atoms with Crippen molar-refractivity contribution < 1.29 is 4.39 Å². The van der Waals surface area contributed by atoms with Crippen LogP contribution < -0.4 is 10.6 Å². The smallest absolute Gasteiger partial charge is 0.146 e. The van der Waals surface area contributed by atoms with E-state index in [9.17, 15) is 4.39 Å². The molecule has 0 fully saturated rings. The van der Waals surface area contributed by atoms with Gasteiger partial charge in [-0.15, -0.1) is 0 Å². The number of nitrogens with two attached hydrogens (primary N) is 1. The monoisotopic (exact) mass is 263 g/mol. The summed E-state index contributed by atoms with van der Waals surface area (Å²) in [4.78, 5) is 1.92. The van der Waals surface area contributed by atoms with E-state index < -0.39 is 0 Å². The van der Waals surface area contributed by atoms with Crippen molar-refractivity contribution in [3.05, 3.63) is 29.6 Å². The van der Waals surface area contributed by atoms with Gasteiger partial charge in [0.25, 0.3) is 0 Å². The Hall–Kier alpha value is -1.60. The Kier molecular flexibility index (Phi) is 5.78. The molecular weight excluding hydrogens is 241 g/mol. The summed E-state index contributed by atoms with van der Waals surface area (Å²) in [5.74, 6) is 0.139. The minimum atomic E-state index is -0.270. The molecule has 0 aliphatic carbocycles. The van der Waals surface area contributed by atoms with E-state index in [1.165, 1.54) is 6.07 Å². The number of hydrogen-bond donors (Lipinski definition) is 1. The lowest BCUT2D eigenvalue weighted by atomic mass is 10.1. The zero-order chi connectivity index (χ0) is 14.4. The van der Waals surface area contributed by atoms with Crippen molar-refractivity contribution in [1.29, 1.82) is 5.26 Å². The van der Waals surface area contributed by atoms with Crippen molar-refractivity contribution in [2.45, 2.75) is 33.2 Å². The number of benzene rings is 1. The summed E-state index contributed by atoms with van der Waals surface area (Å²) in [5, 5.41) is 8.70. The van der Waals surface area contributed by atoms with Crippen LogP contribution in [0.3, 0.4) is 0 Å². The first kappa shape index (κ1) is 15.5. The van der Waals surface area contributed by atoms with Gasteiger partial charge in [0.15, 0.2) is 0 Å². The molecule has 0 unspecified atom stereocenters. The van der Waals surface area contributed by atoms with Crippen molar-refractivity contribution in [2.75, 3.05) is 18.0 Å². The zero-order valence-corrected chi connectivity index (χ0v) is 11.9. The second-order valence-electron chi connectivity index (χ2n) is 5.25. The fourth-order valence-electron chi connectivity index (χ4n) is 2.00. The lowest BCUT2D eigenvalue weighted by molar-refractivity contribution is 0.580. The van der Waals surface area contributed by atoms with E-state index in [1.807, 2.05) is 17.9 Å². The Bertz CT molecular complexity index is 449. The lowest BCUT2D eigenvalue weighted by Gasteiger charge is -2.26. The number of rotatable bonds is 6. The molecule has 0 aromatic heterocycles. The van der Waals surface area contributed by atoms with Crippen molar-refractivity contribution in [1.82, 2.24) is 0 Å². The van der Waals surface area contributed by atoms with Crippen LogP contribution >= 0.6 is 0 Å². The van der Waals surface area contributed by atoms with E-state index in [1.54, 1.807) is 6.07 Å². The summed E-state index contributed by atoms with van der Waals surface area (Å²) in [6, 6.07) is 7.02. The number of anilines is 1. The average Bonchev–Trinajstić information content (AvgIpc) is 2.34. The summed E-state index contributed by atoms with van der Waals surface area (Å²) in [6.45, 7) is 7.26. The maximum absolute atomic E-state index is 14.2. The number of hydrogen-bond acceptors (Lipinski definition) is 3. The molecule has 0 spiro atoms. The molecule has 4 heteroatoms. The molecule has 0 aliphatic heterocycles. The fraction of sp³-hybridized carbons (Fsp3) is 0.533. The number of nitrogens with zero attached hydrogens (tertiary/aromatic N) is 2. The van der Waals surface area contributed by atoms with E-state index in [0.29, 0.717) is 24.6 Å². The lowest BCUT2D eigenvalue weighted by Crippen LogP contribution is -2.29. The molecule has 1 aromatic rings. The maximum Gasteiger partial charge on any atom is 0.146 e. The van der Waals surface area contributed by atoms with Crippen LogP contribution in [0.15, 0.2) is 18.2 Å². The van der Waals surface area contributed by atoms with Gasteiger partial charge in [0.05, 0.1) is 18.2 Å². The van der Waals surface area contributed by atoms with Gasteiger partial charge in [-0.05, 0) is 30.5 Å². The summed E-state index contributed by atoms with van der Waals surface area (Å²) in [7, 11) is 0. The highest BCUT2D eigenvalue weighted by atomic mass is 19.1. The molecule has 0 aliphatic rings. The maximum atomic E-state index is 14.2. The predicted octanol–water partition coefficient (Wildman–Crippen LogP) is 3.22. The average molecular weight is 263 g/mol. The Balaban J connectivity index is 2.98. The van der Waals surface area contributed by atoms with E-state index in [-0.39, 0.29) is 11.9 Å². The second-order valence-corrected chi connectivity index (χ2v) is 5.25. The largest absolute Gasteiger partial charge is 0.368 e. The van der Waals surface area contributed by atoms with Crippen molar-refractivity contribution in [2.24, 2.45) is 11.7 Å². The first-order chi connectivity index (χ1) is 8.95. The number of nitriles is 1. The summed E-state index contributed by atoms with van der Waals surface area (Å²) >= 11 is 0. The van der Waals surface area contributed by atoms with E-state index in [0.717, 1.165) is 12.1 Å². The molecule has 104 valence electrons. The van der Waals surface area contributed by atoms with Crippen molar-refractivity contribution >= 4 is 5.69 Å². The van der Waals surface area contributed by atoms with Crippen molar-refractivity contribution in [3.63, 3.8) is 0 Å². The molecule has 0 saturated heterocycles. The van der Waals surface area contributed by atoms with E-state index in [4.69, 9.17) is 11.0 Å². The summed E-state index contributed by atoms with van der Waals surface area (Å²) in [6.07, 6.45) is 0.390. The van der Waals surface area contributed by atoms with Crippen LogP contribution in [0, 0.1) is 23.1 Å². The third kappa shape index (κ3) is 4.53. The van der Waals surface area contributed by atoms with Gasteiger partial charge in [-0.1, -0.05) is 19.9 Å². The van der Waals surface area contributed by atoms with Crippen LogP contribution in [0.1, 0.15) is 38.8 Å². The molecule has 1 rings (SSSR count). The molecule has 0 amide bonds. The van der Waals surface area contributed by atoms with Crippen LogP contribution in [-0.2, 0) is 0 Å². The van der Waals surface area contributed by atoms with Gasteiger partial charge in [-0.2, -0.15) is 5.26 Å². The van der Waals surface area contributed by atoms with E-state index >= 15 is 0 Å². The molecule has 1 aromatic carbocycles. The van der Waals surface area contributed by atoms with Crippen molar-refractivity contribution in [3.8, 4) is 6.07 Å².